The van der Waals surface area contributed by atoms with Crippen LogP contribution in [-0.4, -0.2) is 9.19 Å². The van der Waals surface area contributed by atoms with Crippen LogP contribution in [0.3, 0.4) is 0 Å². The van der Waals surface area contributed by atoms with Crippen LogP contribution in [0, 0.1) is 19.7 Å². The number of hydrogen-bond acceptors (Lipinski definition) is 3. The molecule has 0 aliphatic rings. The van der Waals surface area contributed by atoms with Crippen molar-refractivity contribution in [3.63, 3.8) is 0 Å². The van der Waals surface area contributed by atoms with E-state index in [0.29, 0.717) is 11.5 Å². The van der Waals surface area contributed by atoms with Gasteiger partial charge in [-0.25, -0.2) is 9.37 Å². The van der Waals surface area contributed by atoms with Gasteiger partial charge in [-0.3, -0.25) is 4.21 Å². The minimum absolute atomic E-state index is 0.225. The molecule has 102 valence electrons. The number of aryl methyl sites for hydroxylation is 2. The molecule has 3 nitrogen and oxygen atoms in total. The molecule has 0 aliphatic heterocycles. The third-order valence-electron chi connectivity index (χ3n) is 2.69. The van der Waals surface area contributed by atoms with Crippen molar-refractivity contribution in [2.24, 2.45) is 0 Å². The Labute approximate surface area is 118 Å². The highest BCUT2D eigenvalue weighted by Crippen LogP contribution is 2.20. The van der Waals surface area contributed by atoms with Gasteiger partial charge < -0.3 is 4.42 Å². The van der Waals surface area contributed by atoms with Crippen molar-refractivity contribution in [1.29, 1.82) is 0 Å². The lowest BCUT2D eigenvalue weighted by atomic mass is 10.2. The number of rotatable bonds is 4. The van der Waals surface area contributed by atoms with Crippen LogP contribution in [0.2, 0.25) is 5.02 Å². The second kappa shape index (κ2) is 5.84. The summed E-state index contributed by atoms with van der Waals surface area (Å²) >= 11 is 5.89. The molecule has 0 fully saturated rings. The van der Waals surface area contributed by atoms with Gasteiger partial charge in [0.2, 0.25) is 5.89 Å². The summed E-state index contributed by atoms with van der Waals surface area (Å²) in [5, 5.41) is 0.285. The van der Waals surface area contributed by atoms with Gasteiger partial charge in [0, 0.05) is 15.8 Å². The standard InChI is InChI=1S/C13H13ClFNO2S/c1-8-9(2)18-13(16-8)7-19(17)6-10-3-4-11(15)5-12(10)14/h3-5H,6-7H2,1-2H3/t19-/m1/s1. The Bertz CT molecular complexity index is 608. The maximum absolute atomic E-state index is 12.9. The lowest BCUT2D eigenvalue weighted by Gasteiger charge is -2.03. The van der Waals surface area contributed by atoms with Gasteiger partial charge in [0.1, 0.15) is 17.3 Å². The molecule has 0 amide bonds. The van der Waals surface area contributed by atoms with Crippen LogP contribution in [0.15, 0.2) is 22.6 Å². The molecular formula is C13H13ClFNO2S. The second-order valence-electron chi connectivity index (χ2n) is 4.21. The van der Waals surface area contributed by atoms with Gasteiger partial charge in [-0.1, -0.05) is 17.7 Å². The minimum atomic E-state index is -1.20. The Hall–Kier alpha value is -1.20. The van der Waals surface area contributed by atoms with Gasteiger partial charge in [-0.05, 0) is 31.5 Å². The van der Waals surface area contributed by atoms with Crippen LogP contribution in [0.5, 0.6) is 0 Å². The number of nitrogens with zero attached hydrogens (tertiary/aromatic N) is 1. The molecule has 19 heavy (non-hydrogen) atoms. The van der Waals surface area contributed by atoms with E-state index in [4.69, 9.17) is 16.0 Å². The van der Waals surface area contributed by atoms with Crippen molar-refractivity contribution < 1.29 is 13.0 Å². The van der Waals surface area contributed by atoms with Crippen LogP contribution < -0.4 is 0 Å². The van der Waals surface area contributed by atoms with Crippen LogP contribution in [0.25, 0.3) is 0 Å². The first-order valence-corrected chi connectivity index (χ1v) is 7.54. The maximum Gasteiger partial charge on any atom is 0.207 e. The Balaban J connectivity index is 2.05. The van der Waals surface area contributed by atoms with Gasteiger partial charge in [0.25, 0.3) is 0 Å². The fourth-order valence-corrected chi connectivity index (χ4v) is 3.01. The van der Waals surface area contributed by atoms with Crippen molar-refractivity contribution in [2.75, 3.05) is 0 Å². The van der Waals surface area contributed by atoms with Crippen LogP contribution in [-0.2, 0) is 22.3 Å². The number of hydrogen-bond donors (Lipinski definition) is 0. The highest BCUT2D eigenvalue weighted by atomic mass is 35.5. The summed E-state index contributed by atoms with van der Waals surface area (Å²) in [6, 6.07) is 4.06. The minimum Gasteiger partial charge on any atom is -0.445 e. The fourth-order valence-electron chi connectivity index (χ4n) is 1.60. The first kappa shape index (κ1) is 14.2. The molecular weight excluding hydrogens is 289 g/mol. The highest BCUT2D eigenvalue weighted by molar-refractivity contribution is 7.83. The molecule has 2 aromatic rings. The third kappa shape index (κ3) is 3.64. The zero-order valence-electron chi connectivity index (χ0n) is 10.6. The Morgan fingerprint density at radius 3 is 2.68 bits per heavy atom. The highest BCUT2D eigenvalue weighted by Gasteiger charge is 2.12. The molecule has 0 bridgehead atoms. The molecule has 1 aromatic carbocycles. The summed E-state index contributed by atoms with van der Waals surface area (Å²) in [6.07, 6.45) is 0. The average Bonchev–Trinajstić information content (AvgIpc) is 2.62. The van der Waals surface area contributed by atoms with Crippen molar-refractivity contribution >= 4 is 22.4 Å². The molecule has 1 heterocycles. The summed E-state index contributed by atoms with van der Waals surface area (Å²) in [5.41, 5.74) is 1.45. The van der Waals surface area contributed by atoms with E-state index in [1.807, 2.05) is 13.8 Å². The topological polar surface area (TPSA) is 43.1 Å². The Morgan fingerprint density at radius 1 is 1.37 bits per heavy atom. The SMILES string of the molecule is Cc1nc(C[S@](=O)Cc2ccc(F)cc2Cl)oc1C. The van der Waals surface area contributed by atoms with Gasteiger partial charge >= 0.3 is 0 Å². The molecule has 0 aliphatic carbocycles. The van der Waals surface area contributed by atoms with E-state index in [0.717, 1.165) is 11.5 Å². The summed E-state index contributed by atoms with van der Waals surface area (Å²) in [7, 11) is -1.20. The largest absolute Gasteiger partial charge is 0.445 e. The lowest BCUT2D eigenvalue weighted by Crippen LogP contribution is -2.00. The average molecular weight is 302 g/mol. The van der Waals surface area contributed by atoms with Crippen LogP contribution >= 0.6 is 11.6 Å². The van der Waals surface area contributed by atoms with Gasteiger partial charge in [0.15, 0.2) is 0 Å². The predicted octanol–water partition coefficient (Wildman–Crippen LogP) is 3.53. The Kier molecular flexibility index (Phi) is 4.37. The smallest absolute Gasteiger partial charge is 0.207 e. The van der Waals surface area contributed by atoms with Gasteiger partial charge in [-0.15, -0.1) is 0 Å². The molecule has 0 radical (unpaired) electrons. The van der Waals surface area contributed by atoms with Crippen molar-refractivity contribution in [3.05, 3.63) is 51.9 Å². The van der Waals surface area contributed by atoms with E-state index in [1.165, 1.54) is 12.1 Å². The van der Waals surface area contributed by atoms with E-state index < -0.39 is 16.6 Å². The molecule has 0 saturated carbocycles. The van der Waals surface area contributed by atoms with Crippen molar-refractivity contribution in [2.45, 2.75) is 25.4 Å². The fraction of sp³-hybridized carbons (Fsp3) is 0.308. The quantitative estimate of drug-likeness (QED) is 0.867. The van der Waals surface area contributed by atoms with E-state index in [9.17, 15) is 8.60 Å². The predicted molar refractivity (Wildman–Crippen MR) is 72.9 cm³/mol. The summed E-state index contributed by atoms with van der Waals surface area (Å²) < 4.78 is 30.3. The number of aromatic nitrogens is 1. The molecule has 2 rings (SSSR count). The molecule has 1 atom stereocenters. The lowest BCUT2D eigenvalue weighted by molar-refractivity contribution is 0.487. The normalized spacial score (nSPS) is 12.6. The summed E-state index contributed by atoms with van der Waals surface area (Å²) in [5.74, 6) is 1.25. The van der Waals surface area contributed by atoms with Crippen LogP contribution in [0.4, 0.5) is 4.39 Å². The second-order valence-corrected chi connectivity index (χ2v) is 6.08. The third-order valence-corrected chi connectivity index (χ3v) is 4.24. The number of halogens is 2. The van der Waals surface area contributed by atoms with Crippen molar-refractivity contribution in [1.82, 2.24) is 4.98 Å². The molecule has 0 spiro atoms. The summed E-state index contributed by atoms with van der Waals surface area (Å²) in [4.78, 5) is 4.18. The zero-order valence-corrected chi connectivity index (χ0v) is 12.1. The monoisotopic (exact) mass is 301 g/mol. The molecule has 0 N–H and O–H groups in total. The Morgan fingerprint density at radius 2 is 2.11 bits per heavy atom. The van der Waals surface area contributed by atoms with E-state index >= 15 is 0 Å². The molecule has 0 saturated heterocycles. The van der Waals surface area contributed by atoms with E-state index in [-0.39, 0.29) is 16.5 Å². The number of benzene rings is 1. The van der Waals surface area contributed by atoms with E-state index in [2.05, 4.69) is 4.98 Å². The van der Waals surface area contributed by atoms with E-state index in [1.54, 1.807) is 6.07 Å². The first-order valence-electron chi connectivity index (χ1n) is 5.67. The maximum atomic E-state index is 12.9. The summed E-state index contributed by atoms with van der Waals surface area (Å²) in [6.45, 7) is 3.65. The van der Waals surface area contributed by atoms with Crippen LogP contribution in [0.1, 0.15) is 22.9 Å². The van der Waals surface area contributed by atoms with Crippen molar-refractivity contribution in [3.8, 4) is 0 Å². The first-order chi connectivity index (χ1) is 8.95. The number of oxazole rings is 1. The molecule has 1 aromatic heterocycles. The molecule has 6 heteroatoms. The molecule has 0 unspecified atom stereocenters. The van der Waals surface area contributed by atoms with Gasteiger partial charge in [-0.2, -0.15) is 0 Å². The zero-order chi connectivity index (χ0) is 14.0. The van der Waals surface area contributed by atoms with Gasteiger partial charge in [0.05, 0.1) is 11.4 Å².